The zero-order valence-electron chi connectivity index (χ0n) is 28.5. The minimum absolute atomic E-state index is 0.610. The van der Waals surface area contributed by atoms with Gasteiger partial charge in [-0.2, -0.15) is 0 Å². The molecule has 3 heterocycles. The summed E-state index contributed by atoms with van der Waals surface area (Å²) in [6.07, 6.45) is 0. The summed E-state index contributed by atoms with van der Waals surface area (Å²) in [7, 11) is 0. The molecule has 0 unspecified atom stereocenters. The molecular formula is C48H30N4O. The van der Waals surface area contributed by atoms with Crippen molar-refractivity contribution < 1.29 is 4.42 Å². The summed E-state index contributed by atoms with van der Waals surface area (Å²) >= 11 is 0. The molecule has 5 heteroatoms. The summed E-state index contributed by atoms with van der Waals surface area (Å²) in [6, 6.07) is 62.1. The average molecular weight is 679 g/mol. The zero-order chi connectivity index (χ0) is 35.1. The van der Waals surface area contributed by atoms with Gasteiger partial charge in [0.1, 0.15) is 11.2 Å². The Labute approximate surface area is 305 Å². The molecular weight excluding hydrogens is 649 g/mol. The number of fused-ring (bicyclic) bond motifs is 5. The van der Waals surface area contributed by atoms with Crippen molar-refractivity contribution in [3.8, 4) is 67.7 Å². The van der Waals surface area contributed by atoms with Gasteiger partial charge in [-0.05, 0) is 28.8 Å². The molecule has 0 saturated carbocycles. The van der Waals surface area contributed by atoms with Gasteiger partial charge in [-0.15, -0.1) is 0 Å². The van der Waals surface area contributed by atoms with Crippen LogP contribution in [0.4, 0.5) is 0 Å². The van der Waals surface area contributed by atoms with Crippen LogP contribution < -0.4 is 0 Å². The number of benzene rings is 7. The highest BCUT2D eigenvalue weighted by Gasteiger charge is 2.20. The number of hydrogen-bond acceptors (Lipinski definition) is 5. The van der Waals surface area contributed by atoms with Crippen molar-refractivity contribution in [3.63, 3.8) is 0 Å². The van der Waals surface area contributed by atoms with Crippen LogP contribution in [-0.2, 0) is 0 Å². The van der Waals surface area contributed by atoms with Gasteiger partial charge in [0.2, 0.25) is 0 Å². The minimum Gasteiger partial charge on any atom is -0.455 e. The Morgan fingerprint density at radius 3 is 1.40 bits per heavy atom. The Morgan fingerprint density at radius 2 is 0.774 bits per heavy atom. The van der Waals surface area contributed by atoms with E-state index < -0.39 is 0 Å². The third-order valence-electron chi connectivity index (χ3n) is 9.76. The van der Waals surface area contributed by atoms with Crippen LogP contribution in [0.3, 0.4) is 0 Å². The smallest absolute Gasteiger partial charge is 0.164 e. The molecule has 3 aromatic heterocycles. The zero-order valence-corrected chi connectivity index (χ0v) is 28.5. The second-order valence-corrected chi connectivity index (χ2v) is 13.0. The van der Waals surface area contributed by atoms with Crippen LogP contribution in [0.15, 0.2) is 186 Å². The molecule has 0 bridgehead atoms. The van der Waals surface area contributed by atoms with Gasteiger partial charge >= 0.3 is 0 Å². The maximum Gasteiger partial charge on any atom is 0.164 e. The molecule has 0 N–H and O–H groups in total. The van der Waals surface area contributed by atoms with Crippen molar-refractivity contribution in [1.82, 2.24) is 19.9 Å². The van der Waals surface area contributed by atoms with Crippen LogP contribution in [0.2, 0.25) is 0 Å². The summed E-state index contributed by atoms with van der Waals surface area (Å²) in [5.41, 5.74) is 11.7. The van der Waals surface area contributed by atoms with Crippen molar-refractivity contribution in [3.05, 3.63) is 182 Å². The normalized spacial score (nSPS) is 11.4. The summed E-state index contributed by atoms with van der Waals surface area (Å²) in [5.74, 6) is 1.86. The largest absolute Gasteiger partial charge is 0.455 e. The lowest BCUT2D eigenvalue weighted by atomic mass is 9.97. The van der Waals surface area contributed by atoms with Crippen molar-refractivity contribution in [2.75, 3.05) is 0 Å². The number of rotatable bonds is 6. The van der Waals surface area contributed by atoms with Crippen molar-refractivity contribution >= 4 is 32.8 Å². The standard InChI is InChI=1S/C48H30N4O/c1-4-13-31(14-5-1)32-23-27-36(28-24-32)47-50-46(35-17-8-3-9-18-35)51-48(52-47)37-29-25-33(26-30-37)38-20-12-21-40-44(38)49-43(34-15-6-2-7-16-34)42-39-19-10-11-22-41(39)53-45(40)42/h1-30H. The lowest BCUT2D eigenvalue weighted by molar-refractivity contribution is 0.672. The van der Waals surface area contributed by atoms with Gasteiger partial charge < -0.3 is 4.42 Å². The molecule has 0 saturated heterocycles. The first-order chi connectivity index (χ1) is 26.3. The van der Waals surface area contributed by atoms with Crippen molar-refractivity contribution in [2.45, 2.75) is 0 Å². The third-order valence-corrected chi connectivity index (χ3v) is 9.76. The summed E-state index contributed by atoms with van der Waals surface area (Å²) < 4.78 is 6.56. The van der Waals surface area contributed by atoms with Crippen LogP contribution >= 0.6 is 0 Å². The lowest BCUT2D eigenvalue weighted by Crippen LogP contribution is -2.00. The second kappa shape index (κ2) is 12.8. The Bertz CT molecular complexity index is 2900. The number of furan rings is 1. The van der Waals surface area contributed by atoms with E-state index in [2.05, 4.69) is 121 Å². The number of para-hydroxylation sites is 2. The number of pyridine rings is 1. The number of nitrogens with zero attached hydrogens (tertiary/aromatic N) is 4. The molecule has 0 aliphatic heterocycles. The lowest BCUT2D eigenvalue weighted by Gasteiger charge is -2.12. The maximum absolute atomic E-state index is 6.56. The van der Waals surface area contributed by atoms with E-state index in [9.17, 15) is 0 Å². The number of hydrogen-bond donors (Lipinski definition) is 0. The van der Waals surface area contributed by atoms with E-state index in [-0.39, 0.29) is 0 Å². The average Bonchev–Trinajstić information content (AvgIpc) is 3.64. The van der Waals surface area contributed by atoms with Crippen LogP contribution in [0.1, 0.15) is 0 Å². The van der Waals surface area contributed by atoms with E-state index in [0.29, 0.717) is 17.5 Å². The quantitative estimate of drug-likeness (QED) is 0.175. The third kappa shape index (κ3) is 5.52. The molecule has 10 rings (SSSR count). The van der Waals surface area contributed by atoms with E-state index in [1.54, 1.807) is 0 Å². The van der Waals surface area contributed by atoms with E-state index in [1.165, 1.54) is 5.56 Å². The van der Waals surface area contributed by atoms with Gasteiger partial charge in [0.15, 0.2) is 17.5 Å². The predicted octanol–water partition coefficient (Wildman–Crippen LogP) is 12.3. The van der Waals surface area contributed by atoms with E-state index >= 15 is 0 Å². The molecule has 0 atom stereocenters. The van der Waals surface area contributed by atoms with Crippen LogP contribution in [0, 0.1) is 0 Å². The Kier molecular flexibility index (Phi) is 7.40. The van der Waals surface area contributed by atoms with Gasteiger partial charge in [0.25, 0.3) is 0 Å². The highest BCUT2D eigenvalue weighted by atomic mass is 16.3. The van der Waals surface area contributed by atoms with Gasteiger partial charge in [-0.1, -0.05) is 170 Å². The first kappa shape index (κ1) is 30.6. The Balaban J connectivity index is 1.08. The van der Waals surface area contributed by atoms with E-state index in [1.807, 2.05) is 60.7 Å². The summed E-state index contributed by atoms with van der Waals surface area (Å²) in [4.78, 5) is 20.3. The van der Waals surface area contributed by atoms with Gasteiger partial charge in [-0.3, -0.25) is 0 Å². The molecule has 0 radical (unpaired) electrons. The fourth-order valence-electron chi connectivity index (χ4n) is 7.11. The Hall–Kier alpha value is -7.24. The first-order valence-corrected chi connectivity index (χ1v) is 17.6. The second-order valence-electron chi connectivity index (χ2n) is 13.0. The van der Waals surface area contributed by atoms with E-state index in [4.69, 9.17) is 24.4 Å². The molecule has 7 aromatic carbocycles. The SMILES string of the molecule is c1ccc(-c2ccc(-c3nc(-c4ccccc4)nc(-c4ccc(-c5cccc6c5nc(-c5ccccc5)c5c7ccccc7oc65)cc4)n3)cc2)cc1. The summed E-state index contributed by atoms with van der Waals surface area (Å²) in [5, 5.41) is 3.07. The Morgan fingerprint density at radius 1 is 0.321 bits per heavy atom. The topological polar surface area (TPSA) is 64.7 Å². The molecule has 0 aliphatic rings. The molecule has 0 amide bonds. The van der Waals surface area contributed by atoms with Crippen LogP contribution in [0.5, 0.6) is 0 Å². The number of aromatic nitrogens is 4. The van der Waals surface area contributed by atoms with Crippen LogP contribution in [-0.4, -0.2) is 19.9 Å². The molecule has 0 spiro atoms. The predicted molar refractivity (Wildman–Crippen MR) is 215 cm³/mol. The van der Waals surface area contributed by atoms with Crippen molar-refractivity contribution in [2.24, 2.45) is 0 Å². The monoisotopic (exact) mass is 678 g/mol. The molecule has 248 valence electrons. The molecule has 0 fully saturated rings. The van der Waals surface area contributed by atoms with Gasteiger partial charge in [-0.25, -0.2) is 19.9 Å². The molecule has 10 aromatic rings. The van der Waals surface area contributed by atoms with E-state index in [0.717, 1.165) is 77.5 Å². The maximum atomic E-state index is 6.56. The highest BCUT2D eigenvalue weighted by Crippen LogP contribution is 2.41. The molecule has 0 aliphatic carbocycles. The fourth-order valence-corrected chi connectivity index (χ4v) is 7.11. The molecule has 5 nitrogen and oxygen atoms in total. The highest BCUT2D eigenvalue weighted by molar-refractivity contribution is 6.20. The van der Waals surface area contributed by atoms with Crippen molar-refractivity contribution in [1.29, 1.82) is 0 Å². The van der Waals surface area contributed by atoms with Gasteiger partial charge in [0.05, 0.1) is 16.6 Å². The fraction of sp³-hybridized carbons (Fsp3) is 0. The van der Waals surface area contributed by atoms with Gasteiger partial charge in [0, 0.05) is 38.6 Å². The van der Waals surface area contributed by atoms with Crippen LogP contribution in [0.25, 0.3) is 101 Å². The minimum atomic E-state index is 0.610. The summed E-state index contributed by atoms with van der Waals surface area (Å²) in [6.45, 7) is 0. The molecule has 53 heavy (non-hydrogen) atoms. The first-order valence-electron chi connectivity index (χ1n) is 17.6.